The highest BCUT2D eigenvalue weighted by atomic mass is 16.2. The van der Waals surface area contributed by atoms with Gasteiger partial charge in [-0.1, -0.05) is 20.3 Å². The molecule has 0 aliphatic heterocycles. The largest absolute Gasteiger partial charge is 0.396 e. The van der Waals surface area contributed by atoms with Crippen LogP contribution in [0.3, 0.4) is 0 Å². The Hall–Kier alpha value is -0.700. The van der Waals surface area contributed by atoms with Gasteiger partial charge in [-0.15, -0.1) is 0 Å². The first-order valence-corrected chi connectivity index (χ1v) is 4.99. The van der Waals surface area contributed by atoms with Crippen LogP contribution < -0.4 is 0 Å². The Morgan fingerprint density at radius 1 is 1.07 bits per heavy atom. The normalized spacial score (nSPS) is 7.57. The van der Waals surface area contributed by atoms with Crippen LogP contribution in [0.4, 0.5) is 0 Å². The van der Waals surface area contributed by atoms with E-state index in [1.807, 2.05) is 6.92 Å². The highest BCUT2D eigenvalue weighted by Crippen LogP contribution is 1.78. The first kappa shape index (κ1) is 19.0. The first-order valence-electron chi connectivity index (χ1n) is 4.99. The fraction of sp³-hybridized carbons (Fsp3) is 0.818. The van der Waals surface area contributed by atoms with E-state index in [1.165, 1.54) is 13.8 Å². The van der Waals surface area contributed by atoms with Gasteiger partial charge in [-0.3, -0.25) is 0 Å². The monoisotopic (exact) mass is 204 g/mol. The lowest BCUT2D eigenvalue weighted by atomic mass is 10.4. The molecule has 3 nitrogen and oxygen atoms in total. The Balaban J connectivity index is -0.000000131. The molecule has 0 rings (SSSR count). The molecule has 3 heteroatoms. The van der Waals surface area contributed by atoms with Crippen LogP contribution >= 0.6 is 0 Å². The van der Waals surface area contributed by atoms with Crippen molar-refractivity contribution in [3.05, 3.63) is 0 Å². The number of carbonyl (C=O) groups excluding carboxylic acids is 2. The molecule has 0 unspecified atom stereocenters. The maximum absolute atomic E-state index is 9.81. The second-order valence-corrected chi connectivity index (χ2v) is 3.04. The van der Waals surface area contributed by atoms with Crippen LogP contribution in [0, 0.1) is 0 Å². The zero-order valence-electron chi connectivity index (χ0n) is 10.1. The van der Waals surface area contributed by atoms with Crippen molar-refractivity contribution in [2.75, 3.05) is 6.61 Å². The minimum atomic E-state index is 0.167. The molecule has 0 aliphatic carbocycles. The third-order valence-electron chi connectivity index (χ3n) is 1.01. The number of rotatable bonds is 3. The third kappa shape index (κ3) is 110. The topological polar surface area (TPSA) is 54.4 Å². The second-order valence-electron chi connectivity index (χ2n) is 3.04. The average molecular weight is 204 g/mol. The van der Waals surface area contributed by atoms with E-state index in [9.17, 15) is 9.59 Å². The van der Waals surface area contributed by atoms with Crippen molar-refractivity contribution >= 4 is 11.6 Å². The zero-order valence-corrected chi connectivity index (χ0v) is 10.1. The van der Waals surface area contributed by atoms with Gasteiger partial charge in [-0.25, -0.2) is 0 Å². The van der Waals surface area contributed by atoms with Crippen LogP contribution in [0.2, 0.25) is 0 Å². The first-order chi connectivity index (χ1) is 6.42. The van der Waals surface area contributed by atoms with Gasteiger partial charge in [0.1, 0.15) is 11.6 Å². The lowest BCUT2D eigenvalue weighted by molar-refractivity contribution is -0.117. The van der Waals surface area contributed by atoms with Gasteiger partial charge in [0.15, 0.2) is 0 Å². The van der Waals surface area contributed by atoms with E-state index < -0.39 is 0 Å². The maximum atomic E-state index is 9.81. The fourth-order valence-electron chi connectivity index (χ4n) is 0.158. The molecule has 0 fully saturated rings. The molecule has 0 aromatic carbocycles. The van der Waals surface area contributed by atoms with Crippen molar-refractivity contribution in [2.24, 2.45) is 0 Å². The smallest absolute Gasteiger partial charge is 0.129 e. The Labute approximate surface area is 87.5 Å². The van der Waals surface area contributed by atoms with Crippen molar-refractivity contribution in [1.82, 2.24) is 0 Å². The quantitative estimate of drug-likeness (QED) is 0.767. The van der Waals surface area contributed by atoms with E-state index in [-0.39, 0.29) is 11.6 Å². The number of unbranched alkanes of at least 4 members (excludes halogenated alkanes) is 1. The minimum Gasteiger partial charge on any atom is -0.396 e. The summed E-state index contributed by atoms with van der Waals surface area (Å²) < 4.78 is 0. The molecule has 0 bridgehead atoms. The van der Waals surface area contributed by atoms with Crippen LogP contribution in [0.5, 0.6) is 0 Å². The summed E-state index contributed by atoms with van der Waals surface area (Å²) in [5.41, 5.74) is 0. The Kier molecular flexibility index (Phi) is 24.6. The fourth-order valence-corrected chi connectivity index (χ4v) is 0.158. The third-order valence-corrected chi connectivity index (χ3v) is 1.01. The van der Waals surface area contributed by atoms with Crippen molar-refractivity contribution in [3.63, 3.8) is 0 Å². The number of carbonyl (C=O) groups is 2. The molecule has 0 heterocycles. The van der Waals surface area contributed by atoms with Gasteiger partial charge in [0.25, 0.3) is 0 Å². The van der Waals surface area contributed by atoms with Crippen LogP contribution in [0.1, 0.15) is 53.9 Å². The molecule has 0 amide bonds. The molecule has 0 atom stereocenters. The molecular weight excluding hydrogens is 180 g/mol. The van der Waals surface area contributed by atoms with E-state index in [0.717, 1.165) is 12.8 Å². The van der Waals surface area contributed by atoms with Gasteiger partial charge in [0.05, 0.1) is 0 Å². The summed E-state index contributed by atoms with van der Waals surface area (Å²) in [5, 5.41) is 8.07. The van der Waals surface area contributed by atoms with E-state index in [1.54, 1.807) is 6.92 Å². The number of hydrogen-bond donors (Lipinski definition) is 1. The minimum absolute atomic E-state index is 0.167. The van der Waals surface area contributed by atoms with Gasteiger partial charge >= 0.3 is 0 Å². The van der Waals surface area contributed by atoms with E-state index in [2.05, 4.69) is 6.92 Å². The van der Waals surface area contributed by atoms with E-state index >= 15 is 0 Å². The summed E-state index contributed by atoms with van der Waals surface area (Å²) in [5.74, 6) is 0.421. The van der Waals surface area contributed by atoms with E-state index in [4.69, 9.17) is 5.11 Å². The summed E-state index contributed by atoms with van der Waals surface area (Å²) in [4.78, 5) is 19.3. The van der Waals surface area contributed by atoms with Crippen LogP contribution in [0.25, 0.3) is 0 Å². The van der Waals surface area contributed by atoms with Crippen LogP contribution in [0.15, 0.2) is 0 Å². The number of aliphatic hydroxyl groups excluding tert-OH is 1. The number of Topliss-reactive ketones (excluding diaryl/α,β-unsaturated/α-hetero) is 2. The Bertz CT molecular complexity index is 124. The summed E-state index contributed by atoms with van der Waals surface area (Å²) in [6.45, 7) is 8.88. The van der Waals surface area contributed by atoms with Gasteiger partial charge < -0.3 is 14.7 Å². The molecule has 86 valence electrons. The summed E-state index contributed by atoms with van der Waals surface area (Å²) in [6, 6.07) is 0. The summed E-state index contributed by atoms with van der Waals surface area (Å²) >= 11 is 0. The molecule has 0 radical (unpaired) electrons. The van der Waals surface area contributed by atoms with Crippen molar-refractivity contribution in [1.29, 1.82) is 0 Å². The average Bonchev–Trinajstić information content (AvgIpc) is 2.06. The van der Waals surface area contributed by atoms with E-state index in [0.29, 0.717) is 13.0 Å². The number of hydrogen-bond acceptors (Lipinski definition) is 3. The van der Waals surface area contributed by atoms with Gasteiger partial charge in [0.2, 0.25) is 0 Å². The van der Waals surface area contributed by atoms with Crippen LogP contribution in [-0.2, 0) is 9.59 Å². The Morgan fingerprint density at radius 3 is 1.36 bits per heavy atom. The number of ketones is 2. The standard InChI is InChI=1S/C4H8O.C4H10O.C3H6O/c1-3-4(2)5;1-2-3-4-5;1-3(2)4/h3H2,1-2H3;5H,2-4H2,1H3;1-2H3. The molecule has 0 aliphatic rings. The molecule has 0 aromatic heterocycles. The molecule has 1 N–H and O–H groups in total. The SMILES string of the molecule is CC(C)=O.CCC(C)=O.CCCCO. The Morgan fingerprint density at radius 2 is 1.36 bits per heavy atom. The summed E-state index contributed by atoms with van der Waals surface area (Å²) in [7, 11) is 0. The van der Waals surface area contributed by atoms with Gasteiger partial charge in [-0.2, -0.15) is 0 Å². The molecule has 0 saturated heterocycles. The van der Waals surface area contributed by atoms with Crippen molar-refractivity contribution in [2.45, 2.75) is 53.9 Å². The van der Waals surface area contributed by atoms with Gasteiger partial charge in [-0.05, 0) is 27.2 Å². The lowest BCUT2D eigenvalue weighted by Gasteiger charge is -1.79. The maximum Gasteiger partial charge on any atom is 0.129 e. The summed E-state index contributed by atoms with van der Waals surface area (Å²) in [6.07, 6.45) is 2.70. The van der Waals surface area contributed by atoms with Crippen molar-refractivity contribution in [3.8, 4) is 0 Å². The molecule has 0 spiro atoms. The second kappa shape index (κ2) is 18.2. The van der Waals surface area contributed by atoms with Crippen LogP contribution in [-0.4, -0.2) is 23.3 Å². The highest BCUT2D eigenvalue weighted by molar-refractivity contribution is 5.74. The zero-order chi connectivity index (χ0) is 12.0. The molecule has 0 aromatic rings. The molecule has 0 saturated carbocycles. The predicted octanol–water partition coefficient (Wildman–Crippen LogP) is 2.36. The molecule has 14 heavy (non-hydrogen) atoms. The molecular formula is C11H24O3. The highest BCUT2D eigenvalue weighted by Gasteiger charge is 1.76. The lowest BCUT2D eigenvalue weighted by Crippen LogP contribution is -1.80. The number of aliphatic hydroxyl groups is 1. The predicted molar refractivity (Wildman–Crippen MR) is 59.3 cm³/mol. The van der Waals surface area contributed by atoms with Gasteiger partial charge in [0, 0.05) is 13.0 Å². The van der Waals surface area contributed by atoms with Crippen molar-refractivity contribution < 1.29 is 14.7 Å².